The number of carbonyl (C=O) groups excluding carboxylic acids is 1. The summed E-state index contributed by atoms with van der Waals surface area (Å²) in [6, 6.07) is 6.87. The summed E-state index contributed by atoms with van der Waals surface area (Å²) < 4.78 is 30.4. The fourth-order valence-electron chi connectivity index (χ4n) is 2.04. The van der Waals surface area contributed by atoms with Crippen molar-refractivity contribution in [3.8, 4) is 5.75 Å². The van der Waals surface area contributed by atoms with Crippen molar-refractivity contribution in [3.63, 3.8) is 0 Å². The molecule has 1 fully saturated rings. The molecule has 0 bridgehead atoms. The fraction of sp³-hybridized carbons (Fsp3) is 0.500. The largest absolute Gasteiger partial charge is 0.495 e. The SMILES string of the molecule is COc1ccccc1N(CCNC(=O)NC1CC1)S(C)(=O)=O. The maximum atomic E-state index is 12.0. The second-order valence-corrected chi connectivity index (χ2v) is 7.09. The van der Waals surface area contributed by atoms with E-state index in [0.29, 0.717) is 11.4 Å². The molecule has 0 radical (unpaired) electrons. The lowest BCUT2D eigenvalue weighted by atomic mass is 10.3. The molecule has 0 atom stereocenters. The van der Waals surface area contributed by atoms with Crippen LogP contribution in [-0.2, 0) is 10.0 Å². The number of benzene rings is 1. The molecule has 0 spiro atoms. The lowest BCUT2D eigenvalue weighted by Crippen LogP contribution is -2.42. The van der Waals surface area contributed by atoms with E-state index in [1.54, 1.807) is 24.3 Å². The molecular formula is C14H21N3O4S. The van der Waals surface area contributed by atoms with Gasteiger partial charge in [0.15, 0.2) is 0 Å². The van der Waals surface area contributed by atoms with Crippen molar-refractivity contribution in [1.29, 1.82) is 0 Å². The number of sulfonamides is 1. The summed E-state index contributed by atoms with van der Waals surface area (Å²) >= 11 is 0. The van der Waals surface area contributed by atoms with E-state index < -0.39 is 10.0 Å². The van der Waals surface area contributed by atoms with Crippen LogP contribution < -0.4 is 19.7 Å². The molecule has 22 heavy (non-hydrogen) atoms. The zero-order valence-corrected chi connectivity index (χ0v) is 13.5. The molecule has 0 saturated heterocycles. The molecule has 1 aromatic carbocycles. The highest BCUT2D eigenvalue weighted by molar-refractivity contribution is 7.92. The minimum absolute atomic E-state index is 0.136. The number of nitrogens with one attached hydrogen (secondary N) is 2. The minimum Gasteiger partial charge on any atom is -0.495 e. The smallest absolute Gasteiger partial charge is 0.315 e. The summed E-state index contributed by atoms with van der Waals surface area (Å²) in [7, 11) is -1.99. The second kappa shape index (κ2) is 6.87. The Kier molecular flexibility index (Phi) is 5.12. The summed E-state index contributed by atoms with van der Waals surface area (Å²) in [5, 5.41) is 5.45. The monoisotopic (exact) mass is 327 g/mol. The predicted octanol–water partition coefficient (Wildman–Crippen LogP) is 0.923. The molecule has 0 aliphatic heterocycles. The third-order valence-corrected chi connectivity index (χ3v) is 4.45. The molecular weight excluding hydrogens is 306 g/mol. The van der Waals surface area contributed by atoms with Gasteiger partial charge in [0.2, 0.25) is 10.0 Å². The molecule has 2 rings (SSSR count). The highest BCUT2D eigenvalue weighted by atomic mass is 32.2. The standard InChI is InChI=1S/C14H21N3O4S/c1-21-13-6-4-3-5-12(13)17(22(2,19)20)10-9-15-14(18)16-11-7-8-11/h3-6,11H,7-10H2,1-2H3,(H2,15,16,18). The summed E-state index contributed by atoms with van der Waals surface area (Å²) in [6.07, 6.45) is 3.14. The van der Waals surface area contributed by atoms with Crippen LogP contribution in [0.15, 0.2) is 24.3 Å². The quantitative estimate of drug-likeness (QED) is 0.779. The molecule has 8 heteroatoms. The maximum absolute atomic E-state index is 12.0. The van der Waals surface area contributed by atoms with E-state index in [2.05, 4.69) is 10.6 Å². The van der Waals surface area contributed by atoms with Gasteiger partial charge in [-0.05, 0) is 25.0 Å². The number of ether oxygens (including phenoxy) is 1. The average Bonchev–Trinajstić information content (AvgIpc) is 3.26. The number of anilines is 1. The molecule has 1 aliphatic carbocycles. The van der Waals surface area contributed by atoms with Crippen molar-refractivity contribution in [2.75, 3.05) is 30.8 Å². The minimum atomic E-state index is -3.48. The summed E-state index contributed by atoms with van der Waals surface area (Å²) in [5.41, 5.74) is 0.455. The third-order valence-electron chi connectivity index (χ3n) is 3.27. The first-order chi connectivity index (χ1) is 10.4. The van der Waals surface area contributed by atoms with Crippen molar-refractivity contribution >= 4 is 21.7 Å². The Hall–Kier alpha value is -1.96. The predicted molar refractivity (Wildman–Crippen MR) is 84.7 cm³/mol. The zero-order valence-electron chi connectivity index (χ0n) is 12.7. The number of rotatable bonds is 7. The number of para-hydroxylation sites is 2. The molecule has 1 aromatic rings. The van der Waals surface area contributed by atoms with Crippen LogP contribution in [0.1, 0.15) is 12.8 Å². The van der Waals surface area contributed by atoms with Gasteiger partial charge in [0, 0.05) is 12.6 Å². The second-order valence-electron chi connectivity index (χ2n) is 5.18. The number of carbonyl (C=O) groups is 1. The summed E-state index contributed by atoms with van der Waals surface area (Å²) in [5.74, 6) is 0.468. The highest BCUT2D eigenvalue weighted by Crippen LogP contribution is 2.29. The van der Waals surface area contributed by atoms with Crippen molar-refractivity contribution in [2.45, 2.75) is 18.9 Å². The maximum Gasteiger partial charge on any atom is 0.315 e. The Morgan fingerprint density at radius 3 is 2.64 bits per heavy atom. The topological polar surface area (TPSA) is 87.7 Å². The molecule has 1 saturated carbocycles. The normalized spacial score (nSPS) is 14.3. The van der Waals surface area contributed by atoms with Crippen molar-refractivity contribution < 1.29 is 17.9 Å². The van der Waals surface area contributed by atoms with Crippen LogP contribution in [-0.4, -0.2) is 46.9 Å². The van der Waals surface area contributed by atoms with Gasteiger partial charge in [-0.3, -0.25) is 4.31 Å². The van der Waals surface area contributed by atoms with Gasteiger partial charge in [-0.15, -0.1) is 0 Å². The molecule has 1 aliphatic rings. The van der Waals surface area contributed by atoms with E-state index in [9.17, 15) is 13.2 Å². The molecule has 0 heterocycles. The zero-order chi connectivity index (χ0) is 16.2. The van der Waals surface area contributed by atoms with E-state index >= 15 is 0 Å². The number of methoxy groups -OCH3 is 1. The molecule has 0 aromatic heterocycles. The van der Waals surface area contributed by atoms with Crippen LogP contribution >= 0.6 is 0 Å². The third kappa shape index (κ3) is 4.52. The number of hydrogen-bond acceptors (Lipinski definition) is 4. The Morgan fingerprint density at radius 2 is 2.05 bits per heavy atom. The first-order valence-corrected chi connectivity index (χ1v) is 8.91. The molecule has 2 amide bonds. The fourth-order valence-corrected chi connectivity index (χ4v) is 2.97. The first-order valence-electron chi connectivity index (χ1n) is 7.07. The Morgan fingerprint density at radius 1 is 1.36 bits per heavy atom. The van der Waals surface area contributed by atoms with Gasteiger partial charge in [0.1, 0.15) is 5.75 Å². The van der Waals surface area contributed by atoms with Gasteiger partial charge >= 0.3 is 6.03 Å². The Labute approximate surface area is 130 Å². The van der Waals surface area contributed by atoms with Gasteiger partial charge in [0.05, 0.1) is 25.6 Å². The van der Waals surface area contributed by atoms with Crippen LogP contribution in [0.3, 0.4) is 0 Å². The molecule has 7 nitrogen and oxygen atoms in total. The number of amides is 2. The van der Waals surface area contributed by atoms with E-state index in [-0.39, 0.29) is 25.2 Å². The van der Waals surface area contributed by atoms with E-state index in [0.717, 1.165) is 19.1 Å². The Balaban J connectivity index is 2.02. The Bertz CT molecular complexity index is 629. The summed E-state index contributed by atoms with van der Waals surface area (Å²) in [6.45, 7) is 0.348. The van der Waals surface area contributed by atoms with Crippen LogP contribution in [0, 0.1) is 0 Å². The molecule has 2 N–H and O–H groups in total. The lowest BCUT2D eigenvalue weighted by molar-refractivity contribution is 0.241. The van der Waals surface area contributed by atoms with Crippen LogP contribution in [0.25, 0.3) is 0 Å². The lowest BCUT2D eigenvalue weighted by Gasteiger charge is -2.24. The molecule has 122 valence electrons. The van der Waals surface area contributed by atoms with Gasteiger partial charge in [0.25, 0.3) is 0 Å². The van der Waals surface area contributed by atoms with Crippen molar-refractivity contribution in [1.82, 2.24) is 10.6 Å². The first kappa shape index (κ1) is 16.4. The van der Waals surface area contributed by atoms with Crippen molar-refractivity contribution in [2.24, 2.45) is 0 Å². The van der Waals surface area contributed by atoms with Crippen LogP contribution in [0.2, 0.25) is 0 Å². The van der Waals surface area contributed by atoms with Gasteiger partial charge in [-0.25, -0.2) is 13.2 Å². The van der Waals surface area contributed by atoms with Gasteiger partial charge < -0.3 is 15.4 Å². The number of nitrogens with zero attached hydrogens (tertiary/aromatic N) is 1. The van der Waals surface area contributed by atoms with Crippen molar-refractivity contribution in [3.05, 3.63) is 24.3 Å². The van der Waals surface area contributed by atoms with E-state index in [4.69, 9.17) is 4.74 Å². The highest BCUT2D eigenvalue weighted by Gasteiger charge is 2.24. The number of hydrogen-bond donors (Lipinski definition) is 2. The van der Waals surface area contributed by atoms with E-state index in [1.165, 1.54) is 11.4 Å². The molecule has 0 unspecified atom stereocenters. The van der Waals surface area contributed by atoms with Gasteiger partial charge in [-0.2, -0.15) is 0 Å². The van der Waals surface area contributed by atoms with Crippen LogP contribution in [0.5, 0.6) is 5.75 Å². The van der Waals surface area contributed by atoms with Gasteiger partial charge in [-0.1, -0.05) is 12.1 Å². The van der Waals surface area contributed by atoms with Crippen LogP contribution in [0.4, 0.5) is 10.5 Å². The number of urea groups is 1. The van der Waals surface area contributed by atoms with E-state index in [1.807, 2.05) is 0 Å². The average molecular weight is 327 g/mol. The summed E-state index contributed by atoms with van der Waals surface area (Å²) in [4.78, 5) is 11.6.